The Hall–Kier alpha value is -2.58. The molecule has 11 heteroatoms. The molecule has 0 bridgehead atoms. The van der Waals surface area contributed by atoms with Crippen LogP contribution in [0.1, 0.15) is 28.2 Å². The van der Waals surface area contributed by atoms with Crippen molar-refractivity contribution >= 4 is 11.9 Å². The van der Waals surface area contributed by atoms with Crippen LogP contribution in [0.5, 0.6) is 0 Å². The third kappa shape index (κ3) is 6.05. The summed E-state index contributed by atoms with van der Waals surface area (Å²) < 4.78 is 36.9. The standard InChI is InChI=1S/C13H18N4O2.C2HF3O2/c1-8-9(6-14)5-11(16-8)13(18)17-10-3-4-15-7-12(10)19-2;3-2(4,5)1(6)7/h5,10,12,15-16H,3-4,7H2,1-2H3,(H,17,18);(H,6,7)/t10-,12+;/m1./s1. The van der Waals surface area contributed by atoms with Gasteiger partial charge < -0.3 is 30.3 Å². The highest BCUT2D eigenvalue weighted by molar-refractivity contribution is 5.93. The van der Waals surface area contributed by atoms with Crippen LogP contribution in [0.15, 0.2) is 6.07 Å². The molecule has 26 heavy (non-hydrogen) atoms. The quantitative estimate of drug-likeness (QED) is 0.595. The minimum Gasteiger partial charge on any atom is -0.542 e. The number of H-pyrrole nitrogens is 1. The molecule has 1 aromatic rings. The first-order valence-corrected chi connectivity index (χ1v) is 7.63. The zero-order chi connectivity index (χ0) is 19.9. The molecule has 2 atom stereocenters. The lowest BCUT2D eigenvalue weighted by atomic mass is 10.0. The molecule has 0 aliphatic carbocycles. The van der Waals surface area contributed by atoms with Crippen LogP contribution >= 0.6 is 0 Å². The Morgan fingerprint density at radius 3 is 2.58 bits per heavy atom. The molecular formula is C15H19F3N4O4. The second-order valence-corrected chi connectivity index (χ2v) is 5.57. The molecule has 1 aromatic heterocycles. The fourth-order valence-electron chi connectivity index (χ4n) is 2.40. The van der Waals surface area contributed by atoms with Crippen LogP contribution < -0.4 is 15.7 Å². The van der Waals surface area contributed by atoms with Gasteiger partial charge in [-0.05, 0) is 13.0 Å². The summed E-state index contributed by atoms with van der Waals surface area (Å²) in [4.78, 5) is 23.9. The number of aryl methyl sites for hydroxylation is 1. The summed E-state index contributed by atoms with van der Waals surface area (Å²) in [6.45, 7) is 3.62. The van der Waals surface area contributed by atoms with E-state index in [2.05, 4.69) is 21.7 Å². The first-order chi connectivity index (χ1) is 12.1. The van der Waals surface area contributed by atoms with Crippen LogP contribution in [0.4, 0.5) is 13.2 Å². The maximum Gasteiger partial charge on any atom is 0.430 e. The van der Waals surface area contributed by atoms with Crippen LogP contribution in [-0.4, -0.2) is 55.4 Å². The first kappa shape index (κ1) is 21.5. The number of aromatic nitrogens is 1. The second-order valence-electron chi connectivity index (χ2n) is 5.57. The Bertz CT molecular complexity index is 681. The second kappa shape index (κ2) is 9.21. The smallest absolute Gasteiger partial charge is 0.430 e. The van der Waals surface area contributed by atoms with Gasteiger partial charge in [0.25, 0.3) is 5.91 Å². The number of carboxylic acid groups (broad SMARTS) is 1. The van der Waals surface area contributed by atoms with E-state index in [4.69, 9.17) is 19.9 Å². The average Bonchev–Trinajstić information content (AvgIpc) is 2.96. The SMILES string of the molecule is CO[C@H]1C[NH2+]CC[C@H]1NC(=O)c1cc(C#N)c(C)[nH]1.O=C([O-])C(F)(F)F. The molecule has 1 aliphatic rings. The molecule has 0 spiro atoms. The Morgan fingerprint density at radius 1 is 1.50 bits per heavy atom. The van der Waals surface area contributed by atoms with E-state index in [0.29, 0.717) is 17.0 Å². The summed E-state index contributed by atoms with van der Waals surface area (Å²) in [5.41, 5.74) is 1.65. The van der Waals surface area contributed by atoms with E-state index < -0.39 is 12.1 Å². The number of amides is 1. The van der Waals surface area contributed by atoms with Gasteiger partial charge in [-0.2, -0.15) is 18.4 Å². The number of rotatable bonds is 3. The fraction of sp³-hybridized carbons (Fsp3) is 0.533. The van der Waals surface area contributed by atoms with E-state index in [-0.39, 0.29) is 18.1 Å². The predicted molar refractivity (Wildman–Crippen MR) is 79.6 cm³/mol. The number of piperidine rings is 1. The number of nitrogens with one attached hydrogen (secondary N) is 2. The number of aliphatic carboxylic acids is 1. The summed E-state index contributed by atoms with van der Waals surface area (Å²) in [5, 5.41) is 22.8. The number of halogens is 3. The van der Waals surface area contributed by atoms with Crippen LogP contribution in [0, 0.1) is 18.3 Å². The molecule has 1 saturated heterocycles. The van der Waals surface area contributed by atoms with E-state index >= 15 is 0 Å². The van der Waals surface area contributed by atoms with Crippen molar-refractivity contribution in [1.29, 1.82) is 5.26 Å². The largest absolute Gasteiger partial charge is 0.542 e. The summed E-state index contributed by atoms with van der Waals surface area (Å²) in [5.74, 6) is -3.19. The molecule has 4 N–H and O–H groups in total. The molecule has 0 unspecified atom stereocenters. The van der Waals surface area contributed by atoms with Crippen LogP contribution in [0.3, 0.4) is 0 Å². The van der Waals surface area contributed by atoms with Gasteiger partial charge >= 0.3 is 6.18 Å². The highest BCUT2D eigenvalue weighted by Crippen LogP contribution is 2.12. The molecule has 1 amide bonds. The van der Waals surface area contributed by atoms with Crippen LogP contribution in [0.2, 0.25) is 0 Å². The van der Waals surface area contributed by atoms with Crippen molar-refractivity contribution in [3.8, 4) is 6.07 Å². The van der Waals surface area contributed by atoms with Crippen LogP contribution in [-0.2, 0) is 9.53 Å². The van der Waals surface area contributed by atoms with Crippen molar-refractivity contribution in [2.24, 2.45) is 0 Å². The van der Waals surface area contributed by atoms with Crippen molar-refractivity contribution < 1.29 is 37.9 Å². The minimum atomic E-state index is -5.19. The fourth-order valence-corrected chi connectivity index (χ4v) is 2.40. The number of carboxylic acids is 1. The lowest BCUT2D eigenvalue weighted by Crippen LogP contribution is -2.90. The molecule has 2 heterocycles. The molecular weight excluding hydrogens is 357 g/mol. The molecule has 144 valence electrons. The predicted octanol–water partition coefficient (Wildman–Crippen LogP) is -1.43. The Morgan fingerprint density at radius 2 is 2.12 bits per heavy atom. The minimum absolute atomic E-state index is 0.0247. The van der Waals surface area contributed by atoms with Gasteiger partial charge in [0.05, 0.1) is 18.2 Å². The van der Waals surface area contributed by atoms with Gasteiger partial charge in [0, 0.05) is 19.2 Å². The number of ether oxygens (including phenoxy) is 1. The van der Waals surface area contributed by atoms with Gasteiger partial charge in [0.15, 0.2) is 0 Å². The third-order valence-electron chi connectivity index (χ3n) is 3.76. The van der Waals surface area contributed by atoms with E-state index in [1.54, 1.807) is 20.1 Å². The van der Waals surface area contributed by atoms with Gasteiger partial charge in [0.2, 0.25) is 0 Å². The normalized spacial score (nSPS) is 19.7. The Labute approximate surface area is 147 Å². The van der Waals surface area contributed by atoms with Crippen molar-refractivity contribution in [2.75, 3.05) is 20.2 Å². The summed E-state index contributed by atoms with van der Waals surface area (Å²) in [7, 11) is 1.66. The monoisotopic (exact) mass is 376 g/mol. The molecule has 0 aromatic carbocycles. The topological polar surface area (TPSA) is 135 Å². The number of quaternary nitrogens is 1. The number of hydrogen-bond acceptors (Lipinski definition) is 5. The Kier molecular flexibility index (Phi) is 7.60. The Balaban J connectivity index is 0.000000412. The van der Waals surface area contributed by atoms with E-state index in [1.165, 1.54) is 0 Å². The number of nitrogens with two attached hydrogens (primary N) is 1. The van der Waals surface area contributed by atoms with E-state index in [0.717, 1.165) is 19.5 Å². The number of carbonyl (C=O) groups is 2. The molecule has 1 aliphatic heterocycles. The van der Waals surface area contributed by atoms with Gasteiger partial charge in [-0.3, -0.25) is 4.79 Å². The highest BCUT2D eigenvalue weighted by Gasteiger charge is 2.29. The summed E-state index contributed by atoms with van der Waals surface area (Å²) in [6.07, 6.45) is -4.28. The lowest BCUT2D eigenvalue weighted by molar-refractivity contribution is -0.670. The van der Waals surface area contributed by atoms with Gasteiger partial charge in [0.1, 0.15) is 30.4 Å². The van der Waals surface area contributed by atoms with Gasteiger partial charge in [-0.1, -0.05) is 0 Å². The van der Waals surface area contributed by atoms with Crippen molar-refractivity contribution in [2.45, 2.75) is 31.7 Å². The molecule has 0 radical (unpaired) electrons. The van der Waals surface area contributed by atoms with Crippen molar-refractivity contribution in [3.63, 3.8) is 0 Å². The zero-order valence-electron chi connectivity index (χ0n) is 14.1. The molecule has 0 saturated carbocycles. The average molecular weight is 376 g/mol. The third-order valence-corrected chi connectivity index (χ3v) is 3.76. The number of carbonyl (C=O) groups excluding carboxylic acids is 2. The highest BCUT2D eigenvalue weighted by atomic mass is 19.4. The number of methoxy groups -OCH3 is 1. The number of aromatic amines is 1. The molecule has 1 fully saturated rings. The number of hydrogen-bond donors (Lipinski definition) is 3. The first-order valence-electron chi connectivity index (χ1n) is 7.63. The van der Waals surface area contributed by atoms with Crippen LogP contribution in [0.25, 0.3) is 0 Å². The van der Waals surface area contributed by atoms with Crippen molar-refractivity contribution in [3.05, 3.63) is 23.0 Å². The van der Waals surface area contributed by atoms with Gasteiger partial charge in [-0.25, -0.2) is 0 Å². The number of nitriles is 1. The lowest BCUT2D eigenvalue weighted by Gasteiger charge is -2.29. The number of alkyl halides is 3. The van der Waals surface area contributed by atoms with Crippen molar-refractivity contribution in [1.82, 2.24) is 10.3 Å². The summed E-state index contributed by atoms with van der Waals surface area (Å²) in [6, 6.07) is 3.66. The summed E-state index contributed by atoms with van der Waals surface area (Å²) >= 11 is 0. The zero-order valence-corrected chi connectivity index (χ0v) is 14.1. The maximum absolute atomic E-state index is 12.1. The van der Waals surface area contributed by atoms with E-state index in [1.807, 2.05) is 0 Å². The van der Waals surface area contributed by atoms with Gasteiger partial charge in [-0.15, -0.1) is 0 Å². The molecule has 8 nitrogen and oxygen atoms in total. The van der Waals surface area contributed by atoms with E-state index in [9.17, 15) is 18.0 Å². The molecule has 2 rings (SSSR count). The number of nitrogens with zero attached hydrogens (tertiary/aromatic N) is 1. The maximum atomic E-state index is 12.1.